The van der Waals surface area contributed by atoms with E-state index in [9.17, 15) is 4.79 Å². The summed E-state index contributed by atoms with van der Waals surface area (Å²) in [6.45, 7) is 0.467. The van der Waals surface area contributed by atoms with Gasteiger partial charge in [-0.25, -0.2) is 0 Å². The lowest BCUT2D eigenvalue weighted by Gasteiger charge is -2.10. The minimum absolute atomic E-state index is 0. The monoisotopic (exact) mass is 214 g/mol. The molecule has 1 aromatic carbocycles. The summed E-state index contributed by atoms with van der Waals surface area (Å²) in [6, 6.07) is 7.37. The fraction of sp³-hybridized carbons (Fsp3) is 0.300. The first-order valence-corrected chi connectivity index (χ1v) is 4.16. The maximum absolute atomic E-state index is 11.5. The van der Waals surface area contributed by atoms with Gasteiger partial charge in [0.25, 0.3) is 5.91 Å². The standard InChI is InChI=1S/C10H14N2O.ClH/c1-12(2)10(13)9-5-3-4-8(6-9)7-11;/h3-6H,7,11H2,1-2H3;1H. The zero-order valence-corrected chi connectivity index (χ0v) is 9.17. The Hall–Kier alpha value is -1.06. The van der Waals surface area contributed by atoms with Crippen molar-refractivity contribution in [1.29, 1.82) is 0 Å². The van der Waals surface area contributed by atoms with Crippen LogP contribution in [0.5, 0.6) is 0 Å². The maximum Gasteiger partial charge on any atom is 0.253 e. The molecule has 2 N–H and O–H groups in total. The Morgan fingerprint density at radius 1 is 1.43 bits per heavy atom. The molecule has 1 rings (SSSR count). The lowest BCUT2D eigenvalue weighted by atomic mass is 10.1. The van der Waals surface area contributed by atoms with E-state index in [-0.39, 0.29) is 18.3 Å². The van der Waals surface area contributed by atoms with E-state index in [4.69, 9.17) is 5.73 Å². The molecule has 0 bridgehead atoms. The van der Waals surface area contributed by atoms with Crippen LogP contribution in [0.15, 0.2) is 24.3 Å². The number of amides is 1. The summed E-state index contributed by atoms with van der Waals surface area (Å²) >= 11 is 0. The second-order valence-corrected chi connectivity index (χ2v) is 3.10. The van der Waals surface area contributed by atoms with Crippen molar-refractivity contribution in [3.8, 4) is 0 Å². The van der Waals surface area contributed by atoms with E-state index in [1.54, 1.807) is 25.1 Å². The number of nitrogens with zero attached hydrogens (tertiary/aromatic N) is 1. The topological polar surface area (TPSA) is 46.3 Å². The Labute approximate surface area is 90.3 Å². The van der Waals surface area contributed by atoms with Crippen molar-refractivity contribution >= 4 is 18.3 Å². The maximum atomic E-state index is 11.5. The highest BCUT2D eigenvalue weighted by atomic mass is 35.5. The largest absolute Gasteiger partial charge is 0.345 e. The van der Waals surface area contributed by atoms with Gasteiger partial charge in [-0.3, -0.25) is 4.79 Å². The molecule has 0 spiro atoms. The van der Waals surface area contributed by atoms with E-state index in [0.29, 0.717) is 12.1 Å². The first kappa shape index (κ1) is 12.9. The number of nitrogens with two attached hydrogens (primary N) is 1. The van der Waals surface area contributed by atoms with Crippen LogP contribution in [0.25, 0.3) is 0 Å². The average Bonchev–Trinajstić information content (AvgIpc) is 2.16. The summed E-state index contributed by atoms with van der Waals surface area (Å²) in [5.74, 6) is 0.00954. The summed E-state index contributed by atoms with van der Waals surface area (Å²) in [5.41, 5.74) is 7.14. The lowest BCUT2D eigenvalue weighted by molar-refractivity contribution is 0.0827. The fourth-order valence-electron chi connectivity index (χ4n) is 1.09. The van der Waals surface area contributed by atoms with E-state index < -0.39 is 0 Å². The molecule has 0 aromatic heterocycles. The third-order valence-electron chi connectivity index (χ3n) is 1.82. The molecule has 1 aromatic rings. The third kappa shape index (κ3) is 3.01. The van der Waals surface area contributed by atoms with Crippen LogP contribution in [0.4, 0.5) is 0 Å². The van der Waals surface area contributed by atoms with Crippen LogP contribution < -0.4 is 5.73 Å². The van der Waals surface area contributed by atoms with Crippen molar-refractivity contribution in [3.05, 3.63) is 35.4 Å². The molecule has 4 heteroatoms. The third-order valence-corrected chi connectivity index (χ3v) is 1.82. The number of carbonyl (C=O) groups is 1. The van der Waals surface area contributed by atoms with E-state index in [1.807, 2.05) is 18.2 Å². The molecule has 0 radical (unpaired) electrons. The van der Waals surface area contributed by atoms with Crippen molar-refractivity contribution in [1.82, 2.24) is 4.90 Å². The van der Waals surface area contributed by atoms with Crippen LogP contribution in [-0.4, -0.2) is 24.9 Å². The Morgan fingerprint density at radius 3 is 2.57 bits per heavy atom. The quantitative estimate of drug-likeness (QED) is 0.806. The highest BCUT2D eigenvalue weighted by molar-refractivity contribution is 5.94. The first-order valence-electron chi connectivity index (χ1n) is 4.16. The molecule has 0 aliphatic carbocycles. The predicted molar refractivity (Wildman–Crippen MR) is 59.6 cm³/mol. The molecule has 0 aliphatic heterocycles. The molecule has 0 saturated heterocycles. The number of benzene rings is 1. The molecule has 1 amide bonds. The molecule has 0 unspecified atom stereocenters. The Bertz CT molecular complexity index is 313. The van der Waals surface area contributed by atoms with Crippen molar-refractivity contribution in [2.75, 3.05) is 14.1 Å². The van der Waals surface area contributed by atoms with Gasteiger partial charge in [0.2, 0.25) is 0 Å². The van der Waals surface area contributed by atoms with Crippen LogP contribution in [0.2, 0.25) is 0 Å². The van der Waals surface area contributed by atoms with Gasteiger partial charge in [-0.05, 0) is 17.7 Å². The average molecular weight is 215 g/mol. The van der Waals surface area contributed by atoms with E-state index in [0.717, 1.165) is 5.56 Å². The second-order valence-electron chi connectivity index (χ2n) is 3.10. The number of rotatable bonds is 2. The van der Waals surface area contributed by atoms with Crippen LogP contribution in [0, 0.1) is 0 Å². The van der Waals surface area contributed by atoms with Gasteiger partial charge in [0.1, 0.15) is 0 Å². The normalized spacial score (nSPS) is 9.07. The minimum atomic E-state index is 0. The van der Waals surface area contributed by atoms with Gasteiger partial charge in [0.15, 0.2) is 0 Å². The lowest BCUT2D eigenvalue weighted by Crippen LogP contribution is -2.21. The van der Waals surface area contributed by atoms with Crippen molar-refractivity contribution in [3.63, 3.8) is 0 Å². The summed E-state index contributed by atoms with van der Waals surface area (Å²) in [6.07, 6.45) is 0. The Kier molecular flexibility index (Phi) is 5.20. The molecule has 78 valence electrons. The molecule has 0 fully saturated rings. The van der Waals surface area contributed by atoms with Crippen LogP contribution in [-0.2, 0) is 6.54 Å². The molecular formula is C10H15ClN2O. The van der Waals surface area contributed by atoms with Gasteiger partial charge in [0.05, 0.1) is 0 Å². The molecule has 0 atom stereocenters. The van der Waals surface area contributed by atoms with Crippen molar-refractivity contribution in [2.45, 2.75) is 6.54 Å². The highest BCUT2D eigenvalue weighted by Gasteiger charge is 2.06. The van der Waals surface area contributed by atoms with Crippen LogP contribution in [0.1, 0.15) is 15.9 Å². The highest BCUT2D eigenvalue weighted by Crippen LogP contribution is 2.06. The van der Waals surface area contributed by atoms with Crippen LogP contribution in [0.3, 0.4) is 0 Å². The van der Waals surface area contributed by atoms with Crippen molar-refractivity contribution < 1.29 is 4.79 Å². The fourth-order valence-corrected chi connectivity index (χ4v) is 1.09. The number of hydrogen-bond donors (Lipinski definition) is 1. The van der Waals surface area contributed by atoms with E-state index in [1.165, 1.54) is 0 Å². The number of carbonyl (C=O) groups excluding carboxylic acids is 1. The van der Waals surface area contributed by atoms with Gasteiger partial charge < -0.3 is 10.6 Å². The summed E-state index contributed by atoms with van der Waals surface area (Å²) < 4.78 is 0. The summed E-state index contributed by atoms with van der Waals surface area (Å²) in [7, 11) is 3.47. The molecule has 0 heterocycles. The number of halogens is 1. The van der Waals surface area contributed by atoms with Gasteiger partial charge in [-0.15, -0.1) is 12.4 Å². The number of hydrogen-bond acceptors (Lipinski definition) is 2. The zero-order chi connectivity index (χ0) is 9.84. The van der Waals surface area contributed by atoms with Gasteiger partial charge >= 0.3 is 0 Å². The molecule has 3 nitrogen and oxygen atoms in total. The molecular weight excluding hydrogens is 200 g/mol. The molecule has 0 saturated carbocycles. The summed E-state index contributed by atoms with van der Waals surface area (Å²) in [4.78, 5) is 13.0. The first-order chi connectivity index (χ1) is 6.15. The summed E-state index contributed by atoms with van der Waals surface area (Å²) in [5, 5.41) is 0. The van der Waals surface area contributed by atoms with Gasteiger partial charge in [-0.2, -0.15) is 0 Å². The smallest absolute Gasteiger partial charge is 0.253 e. The SMILES string of the molecule is CN(C)C(=O)c1cccc(CN)c1.Cl. The molecule has 14 heavy (non-hydrogen) atoms. The Morgan fingerprint density at radius 2 is 2.07 bits per heavy atom. The predicted octanol–water partition coefficient (Wildman–Crippen LogP) is 1.27. The van der Waals surface area contributed by atoms with Crippen LogP contribution >= 0.6 is 12.4 Å². The van der Waals surface area contributed by atoms with Crippen molar-refractivity contribution in [2.24, 2.45) is 5.73 Å². The second kappa shape index (κ2) is 5.62. The van der Waals surface area contributed by atoms with Gasteiger partial charge in [0, 0.05) is 26.2 Å². The molecule has 0 aliphatic rings. The zero-order valence-electron chi connectivity index (χ0n) is 8.36. The minimum Gasteiger partial charge on any atom is -0.345 e. The Balaban J connectivity index is 0.00000169. The van der Waals surface area contributed by atoms with E-state index >= 15 is 0 Å². The van der Waals surface area contributed by atoms with Gasteiger partial charge in [-0.1, -0.05) is 12.1 Å². The van der Waals surface area contributed by atoms with E-state index in [2.05, 4.69) is 0 Å².